The monoisotopic (exact) mass is 280 g/mol. The molecule has 1 fully saturated rings. The van der Waals surface area contributed by atoms with Crippen molar-refractivity contribution in [1.82, 2.24) is 4.90 Å². The van der Waals surface area contributed by atoms with Crippen LogP contribution in [-0.2, 0) is 4.79 Å². The lowest BCUT2D eigenvalue weighted by Crippen LogP contribution is -2.47. The van der Waals surface area contributed by atoms with E-state index in [0.717, 1.165) is 24.2 Å². The number of hydrogen-bond donors (Lipinski definition) is 1. The number of halogens is 3. The molecule has 112 valence electrons. The molecule has 0 bridgehead atoms. The average Bonchev–Trinajstić information content (AvgIpc) is 3.07. The highest BCUT2D eigenvalue weighted by Gasteiger charge is 2.40. The van der Waals surface area contributed by atoms with E-state index in [1.807, 2.05) is 6.92 Å². The van der Waals surface area contributed by atoms with E-state index in [9.17, 15) is 18.0 Å². The highest BCUT2D eigenvalue weighted by molar-refractivity contribution is 5.77. The molecule has 0 heterocycles. The summed E-state index contributed by atoms with van der Waals surface area (Å²) in [7, 11) is 0. The number of nitrogens with two attached hydrogens (primary N) is 1. The minimum atomic E-state index is -4.35. The molecule has 19 heavy (non-hydrogen) atoms. The van der Waals surface area contributed by atoms with Crippen molar-refractivity contribution >= 4 is 5.91 Å². The standard InChI is InChI=1S/C13H23F3N2O/c1-3-4-11(17)7-12(19)18(8-13(14,15)16)9(2)10-5-6-10/h9-11H,3-8,17H2,1-2H3. The third-order valence-electron chi connectivity index (χ3n) is 3.56. The molecule has 0 spiro atoms. The minimum absolute atomic E-state index is 0.000972. The average molecular weight is 280 g/mol. The maximum Gasteiger partial charge on any atom is 0.406 e. The van der Waals surface area contributed by atoms with Crippen molar-refractivity contribution < 1.29 is 18.0 Å². The lowest BCUT2D eigenvalue weighted by atomic mass is 10.1. The van der Waals surface area contributed by atoms with Crippen LogP contribution in [0, 0.1) is 5.92 Å². The lowest BCUT2D eigenvalue weighted by Gasteiger charge is -2.31. The van der Waals surface area contributed by atoms with E-state index in [4.69, 9.17) is 5.73 Å². The first kappa shape index (κ1) is 16.3. The Bertz CT molecular complexity index is 303. The molecule has 0 aromatic carbocycles. The van der Waals surface area contributed by atoms with Crippen LogP contribution >= 0.6 is 0 Å². The third-order valence-corrected chi connectivity index (χ3v) is 3.56. The Morgan fingerprint density at radius 2 is 2.00 bits per heavy atom. The molecule has 1 saturated carbocycles. The highest BCUT2D eigenvalue weighted by Crippen LogP contribution is 2.36. The van der Waals surface area contributed by atoms with Crippen molar-refractivity contribution in [3.8, 4) is 0 Å². The largest absolute Gasteiger partial charge is 0.406 e. The molecule has 3 nitrogen and oxygen atoms in total. The highest BCUT2D eigenvalue weighted by atomic mass is 19.4. The topological polar surface area (TPSA) is 46.3 Å². The summed E-state index contributed by atoms with van der Waals surface area (Å²) in [4.78, 5) is 13.0. The lowest BCUT2D eigenvalue weighted by molar-refractivity contribution is -0.166. The molecule has 2 unspecified atom stereocenters. The van der Waals surface area contributed by atoms with Crippen molar-refractivity contribution in [2.24, 2.45) is 11.7 Å². The molecule has 1 aliphatic carbocycles. The molecule has 2 N–H and O–H groups in total. The summed E-state index contributed by atoms with van der Waals surface area (Å²) in [6.07, 6.45) is -1.06. The molecule has 1 aliphatic rings. The van der Waals surface area contributed by atoms with E-state index >= 15 is 0 Å². The van der Waals surface area contributed by atoms with Crippen molar-refractivity contribution in [3.05, 3.63) is 0 Å². The number of amides is 1. The van der Waals surface area contributed by atoms with Gasteiger partial charge in [-0.25, -0.2) is 0 Å². The number of hydrogen-bond acceptors (Lipinski definition) is 2. The summed E-state index contributed by atoms with van der Waals surface area (Å²) in [6, 6.07) is -0.692. The zero-order valence-electron chi connectivity index (χ0n) is 11.5. The predicted molar refractivity (Wildman–Crippen MR) is 67.5 cm³/mol. The summed E-state index contributed by atoms with van der Waals surface area (Å²) in [6.45, 7) is 2.47. The number of carbonyl (C=O) groups excluding carboxylic acids is 1. The zero-order valence-corrected chi connectivity index (χ0v) is 11.5. The van der Waals surface area contributed by atoms with Gasteiger partial charge in [-0.3, -0.25) is 4.79 Å². The van der Waals surface area contributed by atoms with Gasteiger partial charge in [-0.1, -0.05) is 13.3 Å². The SMILES string of the molecule is CCCC(N)CC(=O)N(CC(F)(F)F)C(C)C1CC1. The number of carbonyl (C=O) groups is 1. The van der Waals surface area contributed by atoms with Gasteiger partial charge in [0.15, 0.2) is 0 Å². The smallest absolute Gasteiger partial charge is 0.331 e. The van der Waals surface area contributed by atoms with Crippen LogP contribution in [0.5, 0.6) is 0 Å². The van der Waals surface area contributed by atoms with E-state index in [1.165, 1.54) is 0 Å². The fraction of sp³-hybridized carbons (Fsp3) is 0.923. The molecule has 0 aliphatic heterocycles. The summed E-state index contributed by atoms with van der Waals surface area (Å²) in [5.74, 6) is -0.258. The Kier molecular flexibility index (Phi) is 5.64. The molecule has 6 heteroatoms. The number of rotatable bonds is 7. The number of alkyl halides is 3. The van der Waals surface area contributed by atoms with E-state index in [0.29, 0.717) is 6.42 Å². The van der Waals surface area contributed by atoms with Gasteiger partial charge in [0.25, 0.3) is 0 Å². The van der Waals surface area contributed by atoms with E-state index in [1.54, 1.807) is 6.92 Å². The molecule has 1 amide bonds. The summed E-state index contributed by atoms with van der Waals surface area (Å²) in [5.41, 5.74) is 5.75. The summed E-state index contributed by atoms with van der Waals surface area (Å²) >= 11 is 0. The fourth-order valence-electron chi connectivity index (χ4n) is 2.30. The van der Waals surface area contributed by atoms with Crippen LogP contribution in [0.1, 0.15) is 46.0 Å². The Hall–Kier alpha value is -0.780. The zero-order chi connectivity index (χ0) is 14.6. The van der Waals surface area contributed by atoms with E-state index in [-0.39, 0.29) is 24.4 Å². The predicted octanol–water partition coefficient (Wildman–Crippen LogP) is 2.69. The van der Waals surface area contributed by atoms with E-state index < -0.39 is 18.6 Å². The van der Waals surface area contributed by atoms with Gasteiger partial charge in [0.2, 0.25) is 5.91 Å². The van der Waals surface area contributed by atoms with Crippen LogP contribution in [-0.4, -0.2) is 35.6 Å². The second-order valence-corrected chi connectivity index (χ2v) is 5.47. The van der Waals surface area contributed by atoms with Gasteiger partial charge >= 0.3 is 6.18 Å². The molecule has 0 aromatic rings. The van der Waals surface area contributed by atoms with Gasteiger partial charge in [0.1, 0.15) is 6.54 Å². The fourth-order valence-corrected chi connectivity index (χ4v) is 2.30. The minimum Gasteiger partial charge on any atom is -0.331 e. The summed E-state index contributed by atoms with van der Waals surface area (Å²) in [5, 5.41) is 0. The molecular formula is C13H23F3N2O. The van der Waals surface area contributed by atoms with Crippen LogP contribution in [0.15, 0.2) is 0 Å². The van der Waals surface area contributed by atoms with Crippen molar-refractivity contribution in [2.45, 2.75) is 64.2 Å². The van der Waals surface area contributed by atoms with Crippen molar-refractivity contribution in [2.75, 3.05) is 6.54 Å². The first-order valence-electron chi connectivity index (χ1n) is 6.86. The van der Waals surface area contributed by atoms with Gasteiger partial charge < -0.3 is 10.6 Å². The van der Waals surface area contributed by atoms with Gasteiger partial charge in [-0.05, 0) is 32.1 Å². The third kappa shape index (κ3) is 5.80. The molecule has 0 radical (unpaired) electrons. The second kappa shape index (κ2) is 6.59. The van der Waals surface area contributed by atoms with Crippen LogP contribution in [0.2, 0.25) is 0 Å². The first-order chi connectivity index (χ1) is 8.74. The maximum absolute atomic E-state index is 12.6. The molecule has 2 atom stereocenters. The summed E-state index contributed by atoms with van der Waals surface area (Å²) < 4.78 is 37.7. The van der Waals surface area contributed by atoms with Gasteiger partial charge in [0, 0.05) is 18.5 Å². The van der Waals surface area contributed by atoms with Crippen LogP contribution < -0.4 is 5.73 Å². The van der Waals surface area contributed by atoms with Crippen molar-refractivity contribution in [1.29, 1.82) is 0 Å². The van der Waals surface area contributed by atoms with Gasteiger partial charge in [0.05, 0.1) is 0 Å². The maximum atomic E-state index is 12.6. The quantitative estimate of drug-likeness (QED) is 0.779. The molecule has 0 saturated heterocycles. The van der Waals surface area contributed by atoms with Crippen LogP contribution in [0.3, 0.4) is 0 Å². The second-order valence-electron chi connectivity index (χ2n) is 5.47. The van der Waals surface area contributed by atoms with Gasteiger partial charge in [-0.15, -0.1) is 0 Å². The normalized spacial score (nSPS) is 19.1. The van der Waals surface area contributed by atoms with Crippen LogP contribution in [0.25, 0.3) is 0 Å². The van der Waals surface area contributed by atoms with Crippen molar-refractivity contribution in [3.63, 3.8) is 0 Å². The molecular weight excluding hydrogens is 257 g/mol. The Morgan fingerprint density at radius 1 is 1.42 bits per heavy atom. The first-order valence-corrected chi connectivity index (χ1v) is 6.86. The molecule has 0 aromatic heterocycles. The van der Waals surface area contributed by atoms with E-state index in [2.05, 4.69) is 0 Å². The van der Waals surface area contributed by atoms with Crippen LogP contribution in [0.4, 0.5) is 13.2 Å². The Labute approximate surface area is 112 Å². The molecule has 1 rings (SSSR count). The van der Waals surface area contributed by atoms with Gasteiger partial charge in [-0.2, -0.15) is 13.2 Å². The Balaban J connectivity index is 2.63. The number of nitrogens with zero attached hydrogens (tertiary/aromatic N) is 1. The Morgan fingerprint density at radius 3 is 2.42 bits per heavy atom.